The Balaban J connectivity index is 1.71. The second kappa shape index (κ2) is 6.99. The Morgan fingerprint density at radius 3 is 2.38 bits per heavy atom. The molecule has 3 aromatic carbocycles. The molecular weight excluding hydrogens is 362 g/mol. The van der Waals surface area contributed by atoms with Gasteiger partial charge in [0.15, 0.2) is 11.5 Å². The van der Waals surface area contributed by atoms with Gasteiger partial charge in [-0.3, -0.25) is 9.20 Å². The molecule has 0 spiro atoms. The molecule has 0 N–H and O–H groups in total. The number of aromatic nitrogens is 1. The highest BCUT2D eigenvalue weighted by atomic mass is 16.5. The van der Waals surface area contributed by atoms with E-state index in [4.69, 9.17) is 9.47 Å². The van der Waals surface area contributed by atoms with E-state index in [0.717, 1.165) is 27.2 Å². The smallest absolute Gasteiger partial charge is 0.262 e. The number of fused-ring (bicyclic) bond motifs is 4. The number of benzene rings is 3. The summed E-state index contributed by atoms with van der Waals surface area (Å²) in [6.07, 6.45) is 1.82. The van der Waals surface area contributed by atoms with E-state index in [2.05, 4.69) is 0 Å². The minimum absolute atomic E-state index is 0.0254. The van der Waals surface area contributed by atoms with Crippen LogP contribution >= 0.6 is 0 Å². The SMILES string of the molecule is COc1cc2ccn3c(=O)c4ccccc4cc3c2cc1OCc1ccccc1. The number of ether oxygens (including phenoxy) is 2. The quantitative estimate of drug-likeness (QED) is 0.318. The van der Waals surface area contributed by atoms with Crippen LogP contribution in [0.2, 0.25) is 0 Å². The number of hydrogen-bond acceptors (Lipinski definition) is 3. The van der Waals surface area contributed by atoms with Gasteiger partial charge in [-0.2, -0.15) is 0 Å². The standard InChI is InChI=1S/C25H19NO3/c1-28-23-14-19-11-12-26-22(13-18-9-5-6-10-20(18)25(26)27)21(19)15-24(23)29-16-17-7-3-2-4-8-17/h2-15H,16H2,1H3. The first-order valence-corrected chi connectivity index (χ1v) is 9.46. The number of pyridine rings is 2. The molecule has 4 heteroatoms. The van der Waals surface area contributed by atoms with Crippen molar-refractivity contribution in [2.45, 2.75) is 6.61 Å². The summed E-state index contributed by atoms with van der Waals surface area (Å²) in [5.74, 6) is 1.32. The maximum absolute atomic E-state index is 13.0. The predicted octanol–water partition coefficient (Wildman–Crippen LogP) is 5.19. The average molecular weight is 381 g/mol. The largest absolute Gasteiger partial charge is 0.493 e. The number of nitrogens with zero attached hydrogens (tertiary/aromatic N) is 1. The third-order valence-electron chi connectivity index (χ3n) is 5.21. The summed E-state index contributed by atoms with van der Waals surface area (Å²) in [5, 5.41) is 3.56. The number of hydrogen-bond donors (Lipinski definition) is 0. The average Bonchev–Trinajstić information content (AvgIpc) is 2.78. The van der Waals surface area contributed by atoms with Gasteiger partial charge in [-0.1, -0.05) is 48.5 Å². The third-order valence-corrected chi connectivity index (χ3v) is 5.21. The van der Waals surface area contributed by atoms with Gasteiger partial charge in [-0.25, -0.2) is 0 Å². The van der Waals surface area contributed by atoms with Crippen molar-refractivity contribution in [2.24, 2.45) is 0 Å². The fourth-order valence-corrected chi connectivity index (χ4v) is 3.73. The van der Waals surface area contributed by atoms with Gasteiger partial charge in [-0.05, 0) is 46.7 Å². The van der Waals surface area contributed by atoms with Crippen molar-refractivity contribution in [1.29, 1.82) is 0 Å². The first kappa shape index (κ1) is 17.3. The molecule has 5 rings (SSSR count). The molecule has 142 valence electrons. The summed E-state index contributed by atoms with van der Waals surface area (Å²) in [6, 6.07) is 25.5. The lowest BCUT2D eigenvalue weighted by atomic mass is 10.1. The van der Waals surface area contributed by atoms with E-state index in [9.17, 15) is 4.79 Å². The van der Waals surface area contributed by atoms with Gasteiger partial charge in [-0.15, -0.1) is 0 Å². The first-order valence-electron chi connectivity index (χ1n) is 9.46. The molecule has 0 radical (unpaired) electrons. The van der Waals surface area contributed by atoms with Crippen molar-refractivity contribution in [1.82, 2.24) is 4.40 Å². The highest BCUT2D eigenvalue weighted by Crippen LogP contribution is 2.35. The van der Waals surface area contributed by atoms with E-state index in [0.29, 0.717) is 23.5 Å². The molecular formula is C25H19NO3. The van der Waals surface area contributed by atoms with Crippen molar-refractivity contribution in [3.8, 4) is 11.5 Å². The molecule has 0 atom stereocenters. The van der Waals surface area contributed by atoms with Crippen molar-refractivity contribution in [3.63, 3.8) is 0 Å². The van der Waals surface area contributed by atoms with Crippen LogP contribution in [0.5, 0.6) is 11.5 Å². The Bertz CT molecular complexity index is 1400. The lowest BCUT2D eigenvalue weighted by molar-refractivity contribution is 0.285. The van der Waals surface area contributed by atoms with Gasteiger partial charge in [0.05, 0.1) is 12.6 Å². The molecule has 0 saturated carbocycles. The lowest BCUT2D eigenvalue weighted by Gasteiger charge is -2.14. The van der Waals surface area contributed by atoms with Gasteiger partial charge >= 0.3 is 0 Å². The van der Waals surface area contributed by atoms with Crippen LogP contribution in [0, 0.1) is 0 Å². The van der Waals surface area contributed by atoms with E-state index < -0.39 is 0 Å². The summed E-state index contributed by atoms with van der Waals surface area (Å²) in [7, 11) is 1.63. The van der Waals surface area contributed by atoms with Gasteiger partial charge in [0.1, 0.15) is 6.61 Å². The van der Waals surface area contributed by atoms with Gasteiger partial charge in [0, 0.05) is 17.0 Å². The highest BCUT2D eigenvalue weighted by Gasteiger charge is 2.12. The maximum atomic E-state index is 13.0. The van der Waals surface area contributed by atoms with Crippen molar-refractivity contribution in [2.75, 3.05) is 7.11 Å². The molecule has 5 aromatic rings. The molecule has 2 aromatic heterocycles. The first-order chi connectivity index (χ1) is 14.2. The lowest BCUT2D eigenvalue weighted by Crippen LogP contribution is -2.13. The molecule has 0 fully saturated rings. The Kier molecular flexibility index (Phi) is 4.17. The van der Waals surface area contributed by atoms with E-state index in [1.165, 1.54) is 0 Å². The second-order valence-electron chi connectivity index (χ2n) is 6.97. The molecule has 4 nitrogen and oxygen atoms in total. The molecule has 29 heavy (non-hydrogen) atoms. The summed E-state index contributed by atoms with van der Waals surface area (Å²) in [6.45, 7) is 0.441. The normalized spacial score (nSPS) is 11.2. The zero-order valence-corrected chi connectivity index (χ0v) is 16.0. The zero-order valence-electron chi connectivity index (χ0n) is 16.0. The van der Waals surface area contributed by atoms with Crippen LogP contribution in [0.25, 0.3) is 27.1 Å². The fourth-order valence-electron chi connectivity index (χ4n) is 3.73. The highest BCUT2D eigenvalue weighted by molar-refractivity contribution is 6.01. The van der Waals surface area contributed by atoms with Crippen LogP contribution < -0.4 is 15.0 Å². The molecule has 0 aliphatic heterocycles. The maximum Gasteiger partial charge on any atom is 0.262 e. The molecule has 0 aliphatic carbocycles. The second-order valence-corrected chi connectivity index (χ2v) is 6.97. The Labute approximate surface area is 167 Å². The minimum atomic E-state index is -0.0254. The van der Waals surface area contributed by atoms with Crippen molar-refractivity contribution in [3.05, 3.63) is 101 Å². The van der Waals surface area contributed by atoms with E-state index in [1.54, 1.807) is 11.5 Å². The van der Waals surface area contributed by atoms with Gasteiger partial charge < -0.3 is 9.47 Å². The molecule has 0 aliphatic rings. The van der Waals surface area contributed by atoms with Crippen molar-refractivity contribution < 1.29 is 9.47 Å². The van der Waals surface area contributed by atoms with Gasteiger partial charge in [0.2, 0.25) is 0 Å². The molecule has 0 unspecified atom stereocenters. The number of methoxy groups -OCH3 is 1. The van der Waals surface area contributed by atoms with E-state index >= 15 is 0 Å². The topological polar surface area (TPSA) is 39.9 Å². The summed E-state index contributed by atoms with van der Waals surface area (Å²) in [5.41, 5.74) is 1.90. The zero-order chi connectivity index (χ0) is 19.8. The Morgan fingerprint density at radius 1 is 0.793 bits per heavy atom. The van der Waals surface area contributed by atoms with Crippen molar-refractivity contribution >= 4 is 27.1 Å². The minimum Gasteiger partial charge on any atom is -0.493 e. The summed E-state index contributed by atoms with van der Waals surface area (Å²) < 4.78 is 13.3. The van der Waals surface area contributed by atoms with Crippen LogP contribution in [0.3, 0.4) is 0 Å². The van der Waals surface area contributed by atoms with Crippen LogP contribution in [-0.4, -0.2) is 11.5 Å². The predicted molar refractivity (Wildman–Crippen MR) is 116 cm³/mol. The van der Waals surface area contributed by atoms with E-state index in [-0.39, 0.29) is 5.56 Å². The molecule has 2 heterocycles. The molecule has 0 saturated heterocycles. The van der Waals surface area contributed by atoms with E-state index in [1.807, 2.05) is 85.1 Å². The number of rotatable bonds is 4. The van der Waals surface area contributed by atoms with Crippen LogP contribution in [0.4, 0.5) is 0 Å². The van der Waals surface area contributed by atoms with Crippen LogP contribution in [-0.2, 0) is 6.61 Å². The van der Waals surface area contributed by atoms with Crippen LogP contribution in [0.1, 0.15) is 5.56 Å². The Hall–Kier alpha value is -3.79. The third kappa shape index (κ3) is 2.99. The fraction of sp³-hybridized carbons (Fsp3) is 0.0800. The molecule has 0 amide bonds. The van der Waals surface area contributed by atoms with Crippen LogP contribution in [0.15, 0.2) is 89.9 Å². The van der Waals surface area contributed by atoms with Gasteiger partial charge in [0.25, 0.3) is 5.56 Å². The Morgan fingerprint density at radius 2 is 1.55 bits per heavy atom. The summed E-state index contributed by atoms with van der Waals surface area (Å²) in [4.78, 5) is 13.0. The summed E-state index contributed by atoms with van der Waals surface area (Å²) >= 11 is 0. The monoisotopic (exact) mass is 381 g/mol. The molecule has 0 bridgehead atoms.